The van der Waals surface area contributed by atoms with Crippen LogP contribution in [-0.2, 0) is 26.2 Å². The Balaban J connectivity index is 0.000000304. The van der Waals surface area contributed by atoms with Crippen LogP contribution in [0.1, 0.15) is 13.8 Å². The van der Waals surface area contributed by atoms with Crippen molar-refractivity contribution in [1.82, 2.24) is 0 Å². The Kier molecular flexibility index (Phi) is 15.5. The molecule has 6 aromatic carbocycles. The van der Waals surface area contributed by atoms with E-state index in [2.05, 4.69) is 145 Å². The molecule has 0 saturated heterocycles. The van der Waals surface area contributed by atoms with Crippen molar-refractivity contribution in [2.45, 2.75) is 19.9 Å². The molecule has 0 aliphatic rings. The van der Waals surface area contributed by atoms with Gasteiger partial charge in [0.15, 0.2) is 0 Å². The normalized spacial score (nSPS) is 9.68. The molecule has 3 radical (unpaired) electrons. The van der Waals surface area contributed by atoms with Crippen LogP contribution in [0.3, 0.4) is 0 Å². The van der Waals surface area contributed by atoms with Crippen LogP contribution in [0.4, 0.5) is 0 Å². The first-order valence-electron chi connectivity index (χ1n) is 12.2. The first-order valence-corrected chi connectivity index (χ1v) is 12.9. The summed E-state index contributed by atoms with van der Waals surface area (Å²) in [6.45, 7) is 4.35. The minimum Gasteiger partial charge on any atom is -1.00 e. The molecule has 0 aliphatic carbocycles. The molecular weight excluding hydrogens is 599 g/mol. The molecule has 0 amide bonds. The van der Waals surface area contributed by atoms with Crippen molar-refractivity contribution < 1.29 is 51.0 Å². The van der Waals surface area contributed by atoms with Gasteiger partial charge < -0.3 is 24.8 Å². The molecule has 0 unspecified atom stereocenters. The Morgan fingerprint density at radius 1 is 0.553 bits per heavy atom. The van der Waals surface area contributed by atoms with Crippen molar-refractivity contribution in [3.05, 3.63) is 133 Å². The minimum absolute atomic E-state index is 0. The number of hydrogen-bond acceptors (Lipinski definition) is 0. The van der Waals surface area contributed by atoms with Gasteiger partial charge in [0, 0.05) is 10.2 Å². The summed E-state index contributed by atoms with van der Waals surface area (Å²) in [6.07, 6.45) is 0. The van der Waals surface area contributed by atoms with E-state index >= 15 is 0 Å². The van der Waals surface area contributed by atoms with Crippen molar-refractivity contribution in [1.29, 1.82) is 0 Å². The van der Waals surface area contributed by atoms with Crippen LogP contribution in [0.5, 0.6) is 0 Å². The maximum absolute atomic E-state index is 3.35. The molecular formula is C34H31Cl2SiZr. The number of hydrogen-bond donors (Lipinski definition) is 0. The molecule has 6 rings (SSSR count). The topological polar surface area (TPSA) is 0 Å². The maximum atomic E-state index is 3.35. The molecule has 38 heavy (non-hydrogen) atoms. The number of fused-ring (bicyclic) bond motifs is 2. The Morgan fingerprint density at radius 3 is 1.18 bits per heavy atom. The standard InChI is InChI=1S/2C15H11.C4H9Si.2ClH.Zr/c2*1-2-6-12(7-3-1)15-10-13-8-4-5-9-14(13)11-15;1-4(2)3-5;;;/h2*1-11H;4H,3H2,1-2H3;2*1H;/q2*-1;;;;+4/p-2. The number of rotatable bonds is 3. The van der Waals surface area contributed by atoms with Gasteiger partial charge in [0.1, 0.15) is 0 Å². The van der Waals surface area contributed by atoms with Crippen molar-refractivity contribution in [3.8, 4) is 22.3 Å². The summed E-state index contributed by atoms with van der Waals surface area (Å²) in [6, 6.07) is 48.0. The maximum Gasteiger partial charge on any atom is 4.00 e. The van der Waals surface area contributed by atoms with Crippen LogP contribution in [0.25, 0.3) is 43.8 Å². The monoisotopic (exact) mass is 627 g/mol. The van der Waals surface area contributed by atoms with E-state index in [1.807, 2.05) is 12.1 Å². The van der Waals surface area contributed by atoms with E-state index in [9.17, 15) is 0 Å². The molecule has 4 heteroatoms. The van der Waals surface area contributed by atoms with Crippen LogP contribution in [0, 0.1) is 5.92 Å². The fourth-order valence-electron chi connectivity index (χ4n) is 3.90. The largest absolute Gasteiger partial charge is 4.00 e. The third-order valence-electron chi connectivity index (χ3n) is 5.86. The molecule has 0 fully saturated rings. The van der Waals surface area contributed by atoms with Gasteiger partial charge in [0.25, 0.3) is 0 Å². The van der Waals surface area contributed by atoms with E-state index < -0.39 is 0 Å². The first kappa shape index (κ1) is 33.8. The molecule has 0 aliphatic heterocycles. The predicted molar refractivity (Wildman–Crippen MR) is 155 cm³/mol. The van der Waals surface area contributed by atoms with E-state index in [0.29, 0.717) is 0 Å². The fraction of sp³-hybridized carbons (Fsp3) is 0.118. The summed E-state index contributed by atoms with van der Waals surface area (Å²) in [5.74, 6) is 0.798. The quantitative estimate of drug-likeness (QED) is 0.207. The second kappa shape index (κ2) is 17.4. The SMILES string of the molecule is CC(C)C[Si].[Cl-].[Cl-].[Zr+4].c1ccc(-c2cc3ccccc3[cH-]2)cc1.c1ccc(-c2cc3ccccc3[cH-]2)cc1. The van der Waals surface area contributed by atoms with Crippen LogP contribution >= 0.6 is 0 Å². The van der Waals surface area contributed by atoms with E-state index in [-0.39, 0.29) is 51.0 Å². The summed E-state index contributed by atoms with van der Waals surface area (Å²) >= 11 is 0. The van der Waals surface area contributed by atoms with Crippen LogP contribution in [0.15, 0.2) is 133 Å². The van der Waals surface area contributed by atoms with Gasteiger partial charge in [-0.25, -0.2) is 0 Å². The number of benzene rings is 4. The molecule has 189 valence electrons. The summed E-state index contributed by atoms with van der Waals surface area (Å²) in [5, 5.41) is 5.26. The Bertz CT molecular complexity index is 1280. The van der Waals surface area contributed by atoms with Crippen molar-refractivity contribution in [3.63, 3.8) is 0 Å². The van der Waals surface area contributed by atoms with Gasteiger partial charge in [0.2, 0.25) is 0 Å². The zero-order valence-corrected chi connectivity index (χ0v) is 26.7. The average Bonchev–Trinajstić information content (AvgIpc) is 3.55. The second-order valence-corrected chi connectivity index (χ2v) is 9.48. The molecule has 0 atom stereocenters. The second-order valence-electron chi connectivity index (χ2n) is 9.08. The van der Waals surface area contributed by atoms with Crippen molar-refractivity contribution in [2.75, 3.05) is 0 Å². The summed E-state index contributed by atoms with van der Waals surface area (Å²) < 4.78 is 0. The molecule has 0 nitrogen and oxygen atoms in total. The van der Waals surface area contributed by atoms with Gasteiger partial charge in [-0.15, -0.1) is 69.1 Å². The first-order chi connectivity index (χ1) is 17.1. The smallest absolute Gasteiger partial charge is 1.00 e. The van der Waals surface area contributed by atoms with E-state index in [1.54, 1.807) is 0 Å². The third-order valence-corrected chi connectivity index (χ3v) is 6.68. The molecule has 0 bridgehead atoms. The van der Waals surface area contributed by atoms with Crippen molar-refractivity contribution in [2.24, 2.45) is 5.92 Å². The minimum atomic E-state index is 0. The van der Waals surface area contributed by atoms with Gasteiger partial charge in [0.05, 0.1) is 0 Å². The van der Waals surface area contributed by atoms with Gasteiger partial charge in [-0.3, -0.25) is 0 Å². The zero-order valence-electron chi connectivity index (χ0n) is 21.7. The number of halogens is 2. The third kappa shape index (κ3) is 9.51. The summed E-state index contributed by atoms with van der Waals surface area (Å²) in [7, 11) is 3.35. The van der Waals surface area contributed by atoms with Crippen LogP contribution in [0.2, 0.25) is 6.04 Å². The van der Waals surface area contributed by atoms with Crippen LogP contribution < -0.4 is 24.8 Å². The molecule has 0 heterocycles. The van der Waals surface area contributed by atoms with Gasteiger partial charge in [-0.05, 0) is 0 Å². The van der Waals surface area contributed by atoms with E-state index in [0.717, 1.165) is 12.0 Å². The summed E-state index contributed by atoms with van der Waals surface area (Å²) in [4.78, 5) is 0. The van der Waals surface area contributed by atoms with E-state index in [4.69, 9.17) is 0 Å². The Morgan fingerprint density at radius 2 is 0.868 bits per heavy atom. The fourth-order valence-corrected chi connectivity index (χ4v) is 3.90. The van der Waals surface area contributed by atoms with Gasteiger partial charge in [-0.2, -0.15) is 0 Å². The molecule has 0 saturated carbocycles. The molecule has 0 spiro atoms. The Labute approximate surface area is 262 Å². The van der Waals surface area contributed by atoms with Crippen molar-refractivity contribution >= 4 is 31.8 Å². The molecule has 6 aromatic rings. The van der Waals surface area contributed by atoms with E-state index in [1.165, 1.54) is 43.8 Å². The molecule has 0 aromatic heterocycles. The predicted octanol–water partition coefficient (Wildman–Crippen LogP) is 3.69. The Hall–Kier alpha value is -2.22. The average molecular weight is 630 g/mol. The van der Waals surface area contributed by atoms with Gasteiger partial charge in [-0.1, -0.05) is 134 Å². The van der Waals surface area contributed by atoms with Crippen LogP contribution in [-0.4, -0.2) is 10.2 Å². The zero-order chi connectivity index (χ0) is 24.5. The molecule has 0 N–H and O–H groups in total. The summed E-state index contributed by atoms with van der Waals surface area (Å²) in [5.41, 5.74) is 5.18. The van der Waals surface area contributed by atoms with Gasteiger partial charge >= 0.3 is 26.2 Å².